The van der Waals surface area contributed by atoms with Crippen molar-refractivity contribution >= 4 is 49.6 Å². The molecule has 0 atom stereocenters. The lowest BCUT2D eigenvalue weighted by Crippen LogP contribution is -2.01. The molecule has 0 spiro atoms. The summed E-state index contributed by atoms with van der Waals surface area (Å²) in [6, 6.07) is 48.8. The topological polar surface area (TPSA) is 90.7 Å². The maximum Gasteiger partial charge on any atom is 0.180 e. The molecule has 4 heterocycles. The molecular formula is C50H33N5O2. The minimum atomic E-state index is 0.596. The van der Waals surface area contributed by atoms with Crippen molar-refractivity contribution in [1.82, 2.24) is 24.9 Å². The molecule has 7 nitrogen and oxygen atoms in total. The van der Waals surface area contributed by atoms with E-state index >= 15 is 0 Å². The lowest BCUT2D eigenvalue weighted by molar-refractivity contribution is 0.666. The van der Waals surface area contributed by atoms with E-state index in [4.69, 9.17) is 33.8 Å². The molecule has 0 fully saturated rings. The summed E-state index contributed by atoms with van der Waals surface area (Å²) in [4.78, 5) is 24.8. The van der Waals surface area contributed by atoms with E-state index in [0.717, 1.165) is 83.1 Å². The number of furan rings is 2. The minimum Gasteiger partial charge on any atom is -0.456 e. The summed E-state index contributed by atoms with van der Waals surface area (Å²) in [7, 11) is 0. The first-order valence-corrected chi connectivity index (χ1v) is 18.7. The molecule has 0 radical (unpaired) electrons. The summed E-state index contributed by atoms with van der Waals surface area (Å²) in [5, 5.41) is 2.95. The van der Waals surface area contributed by atoms with Gasteiger partial charge in [-0.15, -0.1) is 0 Å². The summed E-state index contributed by atoms with van der Waals surface area (Å²) < 4.78 is 12.9. The van der Waals surface area contributed by atoms with Crippen LogP contribution >= 0.6 is 0 Å². The zero-order valence-electron chi connectivity index (χ0n) is 30.9. The van der Waals surface area contributed by atoms with Gasteiger partial charge in [0.2, 0.25) is 0 Å². The number of aromatic nitrogens is 5. The van der Waals surface area contributed by atoms with Crippen molar-refractivity contribution in [2.45, 2.75) is 6.92 Å². The van der Waals surface area contributed by atoms with Crippen LogP contribution in [0.25, 0.3) is 106 Å². The van der Waals surface area contributed by atoms with Gasteiger partial charge in [-0.2, -0.15) is 0 Å². The van der Waals surface area contributed by atoms with Gasteiger partial charge in [0, 0.05) is 38.4 Å². The predicted octanol–water partition coefficient (Wildman–Crippen LogP) is 12.9. The number of nitrogens with zero attached hydrogens (tertiary/aromatic N) is 5. The number of hydrogen-bond donors (Lipinski definition) is 0. The van der Waals surface area contributed by atoms with E-state index in [1.54, 1.807) is 6.08 Å². The maximum atomic E-state index is 6.45. The highest BCUT2D eigenvalue weighted by molar-refractivity contribution is 6.14. The number of allylic oxidation sites excluding steroid dienone is 5. The molecule has 0 aliphatic heterocycles. The van der Waals surface area contributed by atoms with Gasteiger partial charge >= 0.3 is 0 Å². The van der Waals surface area contributed by atoms with Crippen molar-refractivity contribution in [3.63, 3.8) is 0 Å². The number of hydrogen-bond acceptors (Lipinski definition) is 7. The van der Waals surface area contributed by atoms with E-state index in [1.165, 1.54) is 0 Å². The van der Waals surface area contributed by atoms with E-state index in [1.807, 2.05) is 134 Å². The Kier molecular flexibility index (Phi) is 8.38. The third-order valence-electron chi connectivity index (χ3n) is 10.1. The minimum absolute atomic E-state index is 0.596. The first-order chi connectivity index (χ1) is 28.1. The second kappa shape index (κ2) is 14.1. The van der Waals surface area contributed by atoms with Gasteiger partial charge in [0.25, 0.3) is 0 Å². The zero-order chi connectivity index (χ0) is 38.3. The van der Waals surface area contributed by atoms with Gasteiger partial charge < -0.3 is 8.83 Å². The summed E-state index contributed by atoms with van der Waals surface area (Å²) in [5.74, 6) is 2.46. The van der Waals surface area contributed by atoms with Crippen molar-refractivity contribution in [2.75, 3.05) is 0 Å². The average Bonchev–Trinajstić information content (AvgIpc) is 3.85. The SMILES string of the molecule is C=C/C=C\C=C(/C)c1nc(-c2ccccc2)nc(-c2ccc(-c3cccc4oc5ccc(-c6nc(-c7ccccc7)nc7c6oc6ccccc67)cc5c34)cc2)n1. The molecule has 7 heteroatoms. The van der Waals surface area contributed by atoms with Crippen LogP contribution in [-0.4, -0.2) is 24.9 Å². The smallest absolute Gasteiger partial charge is 0.180 e. The summed E-state index contributed by atoms with van der Waals surface area (Å²) in [5.41, 5.74) is 11.2. The molecule has 0 unspecified atom stereocenters. The van der Waals surface area contributed by atoms with Crippen LogP contribution in [0.4, 0.5) is 0 Å². The van der Waals surface area contributed by atoms with Crippen LogP contribution in [0.2, 0.25) is 0 Å². The van der Waals surface area contributed by atoms with Crippen molar-refractivity contribution in [3.05, 3.63) is 182 Å². The molecule has 10 aromatic rings. The highest BCUT2D eigenvalue weighted by atomic mass is 16.3. The first kappa shape index (κ1) is 33.8. The Morgan fingerprint density at radius 1 is 0.509 bits per heavy atom. The fourth-order valence-electron chi connectivity index (χ4n) is 7.27. The summed E-state index contributed by atoms with van der Waals surface area (Å²) in [6.07, 6.45) is 7.53. The lowest BCUT2D eigenvalue weighted by atomic mass is 9.97. The summed E-state index contributed by atoms with van der Waals surface area (Å²) >= 11 is 0. The van der Waals surface area contributed by atoms with Crippen LogP contribution in [0.5, 0.6) is 0 Å². The molecule has 0 saturated carbocycles. The second-order valence-corrected chi connectivity index (χ2v) is 13.7. The van der Waals surface area contributed by atoms with Gasteiger partial charge in [-0.25, -0.2) is 24.9 Å². The second-order valence-electron chi connectivity index (χ2n) is 13.7. The highest BCUT2D eigenvalue weighted by Gasteiger charge is 2.20. The van der Waals surface area contributed by atoms with Crippen molar-refractivity contribution < 1.29 is 8.83 Å². The van der Waals surface area contributed by atoms with Crippen molar-refractivity contribution in [1.29, 1.82) is 0 Å². The van der Waals surface area contributed by atoms with Crippen LogP contribution in [-0.2, 0) is 0 Å². The van der Waals surface area contributed by atoms with E-state index in [-0.39, 0.29) is 0 Å². The largest absolute Gasteiger partial charge is 0.456 e. The maximum absolute atomic E-state index is 6.45. The monoisotopic (exact) mass is 735 g/mol. The Morgan fingerprint density at radius 3 is 1.86 bits per heavy atom. The standard InChI is InChI=1S/C50H33N5O2/c1-3-4-7-15-31(2)47-53-49(34-18-10-6-11-19-34)55-50(54-47)35-26-24-32(25-27-35)37-21-14-23-42-43(37)39-30-36(28-29-41(39)56-42)44-46-45(38-20-12-13-22-40(38)57-46)52-48(51-44)33-16-8-5-9-17-33/h3-30H,1H2,2H3/b7-4-,31-15+. The Balaban J connectivity index is 1.09. The van der Waals surface area contributed by atoms with Crippen molar-refractivity contribution in [3.8, 4) is 56.5 Å². The fourth-order valence-corrected chi connectivity index (χ4v) is 7.27. The van der Waals surface area contributed by atoms with E-state index in [0.29, 0.717) is 28.9 Å². The van der Waals surface area contributed by atoms with Gasteiger partial charge in [-0.3, -0.25) is 0 Å². The lowest BCUT2D eigenvalue weighted by Gasteiger charge is -2.09. The van der Waals surface area contributed by atoms with Gasteiger partial charge in [0.1, 0.15) is 28.0 Å². The van der Waals surface area contributed by atoms with Gasteiger partial charge in [-0.05, 0) is 60.0 Å². The van der Waals surface area contributed by atoms with E-state index in [9.17, 15) is 0 Å². The molecule has 0 aliphatic carbocycles. The van der Waals surface area contributed by atoms with Crippen molar-refractivity contribution in [2.24, 2.45) is 0 Å². The fraction of sp³-hybridized carbons (Fsp3) is 0.0200. The molecule has 6 aromatic carbocycles. The Bertz CT molecular complexity index is 3200. The molecule has 10 rings (SSSR count). The van der Waals surface area contributed by atoms with Gasteiger partial charge in [0.15, 0.2) is 28.9 Å². The normalized spacial score (nSPS) is 12.1. The molecule has 0 saturated heterocycles. The van der Waals surface area contributed by atoms with Crippen LogP contribution in [0.3, 0.4) is 0 Å². The quantitative estimate of drug-likeness (QED) is 0.143. The molecule has 57 heavy (non-hydrogen) atoms. The Labute approximate surface area is 328 Å². The average molecular weight is 736 g/mol. The zero-order valence-corrected chi connectivity index (χ0v) is 30.9. The molecule has 270 valence electrons. The van der Waals surface area contributed by atoms with Crippen LogP contribution < -0.4 is 0 Å². The van der Waals surface area contributed by atoms with Crippen LogP contribution in [0.15, 0.2) is 185 Å². The predicted molar refractivity (Wildman–Crippen MR) is 230 cm³/mol. The van der Waals surface area contributed by atoms with Crippen LogP contribution in [0.1, 0.15) is 12.7 Å². The molecule has 4 aromatic heterocycles. The first-order valence-electron chi connectivity index (χ1n) is 18.7. The third kappa shape index (κ3) is 6.17. The van der Waals surface area contributed by atoms with Gasteiger partial charge in [0.05, 0.1) is 0 Å². The van der Waals surface area contributed by atoms with E-state index < -0.39 is 0 Å². The van der Waals surface area contributed by atoms with Gasteiger partial charge in [-0.1, -0.05) is 140 Å². The van der Waals surface area contributed by atoms with E-state index in [2.05, 4.69) is 43.0 Å². The number of rotatable bonds is 8. The number of benzene rings is 6. The molecule has 0 amide bonds. The third-order valence-corrected chi connectivity index (χ3v) is 10.1. The molecule has 0 bridgehead atoms. The Hall–Kier alpha value is -7.77. The summed E-state index contributed by atoms with van der Waals surface area (Å²) in [6.45, 7) is 5.77. The highest BCUT2D eigenvalue weighted by Crippen LogP contribution is 2.41. The number of para-hydroxylation sites is 1. The van der Waals surface area contributed by atoms with Crippen LogP contribution in [0, 0.1) is 0 Å². The molecule has 0 aliphatic rings. The molecular weight excluding hydrogens is 703 g/mol. The molecule has 0 N–H and O–H groups in total. The Morgan fingerprint density at radius 2 is 1.12 bits per heavy atom. The number of fused-ring (bicyclic) bond motifs is 6.